The fourth-order valence-electron chi connectivity index (χ4n) is 4.36. The quantitative estimate of drug-likeness (QED) is 0.437. The molecule has 194 valence electrons. The van der Waals surface area contributed by atoms with E-state index in [4.69, 9.17) is 9.47 Å². The van der Waals surface area contributed by atoms with Crippen molar-refractivity contribution in [3.05, 3.63) is 41.9 Å². The number of benzene rings is 1. The second kappa shape index (κ2) is 9.99. The molecular formula is C26H31F3N4O3. The lowest BCUT2D eigenvalue weighted by Gasteiger charge is -2.33. The molecule has 10 heteroatoms. The number of carbonyl (C=O) groups excluding carboxylic acids is 1. The molecular weight excluding hydrogens is 473 g/mol. The number of rotatable bonds is 5. The fraction of sp³-hybridized carbons (Fsp3) is 0.500. The Morgan fingerprint density at radius 1 is 1.14 bits per heavy atom. The van der Waals surface area contributed by atoms with Crippen molar-refractivity contribution in [1.29, 1.82) is 0 Å². The van der Waals surface area contributed by atoms with Crippen LogP contribution in [0.1, 0.15) is 51.4 Å². The molecule has 0 bridgehead atoms. The van der Waals surface area contributed by atoms with E-state index in [1.165, 1.54) is 6.07 Å². The number of amides is 1. The van der Waals surface area contributed by atoms with Gasteiger partial charge in [-0.15, -0.1) is 0 Å². The van der Waals surface area contributed by atoms with E-state index < -0.39 is 17.3 Å². The monoisotopic (exact) mass is 504 g/mol. The molecule has 0 spiro atoms. The molecule has 0 atom stereocenters. The number of hydrogen-bond donors (Lipinski definition) is 1. The number of nitrogens with zero attached hydrogens (tertiary/aromatic N) is 3. The minimum Gasteiger partial charge on any atom is -0.493 e. The zero-order chi connectivity index (χ0) is 26.1. The van der Waals surface area contributed by atoms with Gasteiger partial charge in [0.1, 0.15) is 22.8 Å². The third kappa shape index (κ3) is 6.09. The van der Waals surface area contributed by atoms with Gasteiger partial charge in [0.25, 0.3) is 0 Å². The Morgan fingerprint density at radius 3 is 2.53 bits per heavy atom. The van der Waals surface area contributed by atoms with Crippen molar-refractivity contribution in [2.45, 2.75) is 58.7 Å². The first-order valence-corrected chi connectivity index (χ1v) is 12.0. The highest BCUT2D eigenvalue weighted by Crippen LogP contribution is 2.39. The van der Waals surface area contributed by atoms with Crippen molar-refractivity contribution in [3.63, 3.8) is 0 Å². The minimum atomic E-state index is -4.58. The summed E-state index contributed by atoms with van der Waals surface area (Å²) >= 11 is 0. The van der Waals surface area contributed by atoms with E-state index in [1.54, 1.807) is 30.2 Å². The van der Waals surface area contributed by atoms with E-state index in [0.29, 0.717) is 47.6 Å². The highest BCUT2D eigenvalue weighted by molar-refractivity contribution is 5.91. The van der Waals surface area contributed by atoms with Crippen LogP contribution in [0.15, 0.2) is 30.5 Å². The third-order valence-electron chi connectivity index (χ3n) is 6.14. The number of alkyl halides is 3. The van der Waals surface area contributed by atoms with Gasteiger partial charge in [-0.1, -0.05) is 0 Å². The van der Waals surface area contributed by atoms with Gasteiger partial charge >= 0.3 is 12.3 Å². The lowest BCUT2D eigenvalue weighted by atomic mass is 9.94. The third-order valence-corrected chi connectivity index (χ3v) is 6.14. The predicted molar refractivity (Wildman–Crippen MR) is 130 cm³/mol. The number of carbonyl (C=O) groups is 1. The topological polar surface area (TPSA) is 80.3 Å². The van der Waals surface area contributed by atoms with Crippen LogP contribution in [0.5, 0.6) is 5.75 Å². The Balaban J connectivity index is 1.41. The summed E-state index contributed by atoms with van der Waals surface area (Å²) in [6.07, 6.45) is -1.11. The molecule has 7 nitrogen and oxygen atoms in total. The average Bonchev–Trinajstić information content (AvgIpc) is 3.26. The maximum atomic E-state index is 13.9. The number of aryl methyl sites for hydroxylation is 1. The smallest absolute Gasteiger partial charge is 0.419 e. The van der Waals surface area contributed by atoms with Gasteiger partial charge in [0, 0.05) is 30.2 Å². The number of aromatic nitrogens is 3. The molecule has 0 unspecified atom stereocenters. The van der Waals surface area contributed by atoms with Crippen LogP contribution in [0.3, 0.4) is 0 Å². The number of nitrogens with one attached hydrogen (secondary N) is 1. The van der Waals surface area contributed by atoms with Gasteiger partial charge in [-0.05, 0) is 77.1 Å². The van der Waals surface area contributed by atoms with E-state index in [-0.39, 0.29) is 24.4 Å². The van der Waals surface area contributed by atoms with Crippen LogP contribution in [-0.4, -0.2) is 51.2 Å². The number of aromatic amines is 1. The Morgan fingerprint density at radius 2 is 1.86 bits per heavy atom. The molecule has 1 aromatic carbocycles. The van der Waals surface area contributed by atoms with Crippen molar-refractivity contribution >= 4 is 17.1 Å². The van der Waals surface area contributed by atoms with E-state index in [9.17, 15) is 18.0 Å². The summed E-state index contributed by atoms with van der Waals surface area (Å²) in [4.78, 5) is 25.5. The van der Waals surface area contributed by atoms with Crippen molar-refractivity contribution in [2.24, 2.45) is 5.92 Å². The van der Waals surface area contributed by atoms with Gasteiger partial charge in [0.05, 0.1) is 17.9 Å². The highest BCUT2D eigenvalue weighted by Gasteiger charge is 2.35. The average molecular weight is 505 g/mol. The molecule has 3 aromatic rings. The lowest BCUT2D eigenvalue weighted by Crippen LogP contribution is -2.41. The SMILES string of the molecule is Cc1nc(-c2ccc(OCCC3CCN(C(=O)OC(C)(C)C)CC3)c(C(F)(F)F)c2)c2cc[nH]c2n1. The molecule has 1 N–H and O–H groups in total. The van der Waals surface area contributed by atoms with Crippen molar-refractivity contribution in [1.82, 2.24) is 19.9 Å². The number of halogens is 3. The fourth-order valence-corrected chi connectivity index (χ4v) is 4.36. The van der Waals surface area contributed by atoms with Crippen LogP contribution in [0.4, 0.5) is 18.0 Å². The summed E-state index contributed by atoms with van der Waals surface area (Å²) < 4.78 is 52.8. The van der Waals surface area contributed by atoms with Crippen molar-refractivity contribution in [2.75, 3.05) is 19.7 Å². The van der Waals surface area contributed by atoms with Crippen LogP contribution >= 0.6 is 0 Å². The van der Waals surface area contributed by atoms with Crippen LogP contribution in [0.25, 0.3) is 22.3 Å². The summed E-state index contributed by atoms with van der Waals surface area (Å²) in [6, 6.07) is 5.79. The molecule has 1 fully saturated rings. The van der Waals surface area contributed by atoms with Crippen LogP contribution in [0, 0.1) is 12.8 Å². The molecule has 1 saturated heterocycles. The Bertz CT molecular complexity index is 1230. The number of hydrogen-bond acceptors (Lipinski definition) is 5. The molecule has 0 radical (unpaired) electrons. The van der Waals surface area contributed by atoms with Gasteiger partial charge in [-0.25, -0.2) is 14.8 Å². The molecule has 0 saturated carbocycles. The molecule has 1 amide bonds. The van der Waals surface area contributed by atoms with E-state index in [0.717, 1.165) is 18.9 Å². The molecule has 1 aliphatic heterocycles. The first kappa shape index (κ1) is 25.8. The number of likely N-dealkylation sites (tertiary alicyclic amines) is 1. The number of piperidine rings is 1. The largest absolute Gasteiger partial charge is 0.493 e. The maximum Gasteiger partial charge on any atom is 0.419 e. The van der Waals surface area contributed by atoms with Crippen LogP contribution < -0.4 is 4.74 Å². The van der Waals surface area contributed by atoms with Crippen LogP contribution in [-0.2, 0) is 10.9 Å². The first-order valence-electron chi connectivity index (χ1n) is 12.0. The zero-order valence-corrected chi connectivity index (χ0v) is 20.9. The lowest BCUT2D eigenvalue weighted by molar-refractivity contribution is -0.138. The predicted octanol–water partition coefficient (Wildman–Crippen LogP) is 6.37. The number of H-pyrrole nitrogens is 1. The summed E-state index contributed by atoms with van der Waals surface area (Å²) in [5.74, 6) is 0.531. The van der Waals surface area contributed by atoms with Gasteiger partial charge in [-0.3, -0.25) is 0 Å². The standard InChI is InChI=1S/C26H31F3N4O3/c1-16-31-22(19-7-11-30-23(19)32-16)18-5-6-21(20(15-18)26(27,28)29)35-14-10-17-8-12-33(13-9-17)24(34)36-25(2,3)4/h5-7,11,15,17H,8-10,12-14H2,1-4H3,(H,30,31,32). The Hall–Kier alpha value is -3.30. The minimum absolute atomic E-state index is 0.161. The van der Waals surface area contributed by atoms with Gasteiger partial charge in [0.2, 0.25) is 0 Å². The molecule has 4 rings (SSSR count). The molecule has 1 aliphatic rings. The summed E-state index contributed by atoms with van der Waals surface area (Å²) in [6.45, 7) is 8.46. The van der Waals surface area contributed by atoms with Crippen molar-refractivity contribution in [3.8, 4) is 17.0 Å². The number of fused-ring (bicyclic) bond motifs is 1. The van der Waals surface area contributed by atoms with Crippen LogP contribution in [0.2, 0.25) is 0 Å². The van der Waals surface area contributed by atoms with Gasteiger partial charge < -0.3 is 19.4 Å². The van der Waals surface area contributed by atoms with E-state index >= 15 is 0 Å². The summed E-state index contributed by atoms with van der Waals surface area (Å²) in [5, 5.41) is 0.653. The van der Waals surface area contributed by atoms with E-state index in [2.05, 4.69) is 15.0 Å². The zero-order valence-electron chi connectivity index (χ0n) is 20.9. The van der Waals surface area contributed by atoms with Crippen molar-refractivity contribution < 1.29 is 27.4 Å². The van der Waals surface area contributed by atoms with Gasteiger partial charge in [-0.2, -0.15) is 13.2 Å². The molecule has 0 aliphatic carbocycles. The second-order valence-electron chi connectivity index (χ2n) is 10.1. The normalized spacial score (nSPS) is 15.4. The number of ether oxygens (including phenoxy) is 2. The van der Waals surface area contributed by atoms with E-state index in [1.807, 2.05) is 20.8 Å². The summed E-state index contributed by atoms with van der Waals surface area (Å²) in [5.41, 5.74) is -0.0244. The highest BCUT2D eigenvalue weighted by atomic mass is 19.4. The second-order valence-corrected chi connectivity index (χ2v) is 10.1. The van der Waals surface area contributed by atoms with Gasteiger partial charge in [0.15, 0.2) is 0 Å². The molecule has 3 heterocycles. The summed E-state index contributed by atoms with van der Waals surface area (Å²) in [7, 11) is 0. The Labute approximate surface area is 208 Å². The maximum absolute atomic E-state index is 13.9. The molecule has 2 aromatic heterocycles. The molecule has 36 heavy (non-hydrogen) atoms. The first-order chi connectivity index (χ1) is 16.9. The Kier molecular flexibility index (Phi) is 7.15.